The molecule has 0 atom stereocenters. The van der Waals surface area contributed by atoms with Crippen molar-refractivity contribution in [2.45, 2.75) is 6.54 Å². The van der Waals surface area contributed by atoms with E-state index < -0.39 is 0 Å². The predicted octanol–water partition coefficient (Wildman–Crippen LogP) is 3.09. The SMILES string of the molecule is COc1ccc(CNC(=O)c2ccc(-c3cccnc3)nc2)cc1OC. The van der Waals surface area contributed by atoms with Crippen LogP contribution in [-0.2, 0) is 6.54 Å². The van der Waals surface area contributed by atoms with Gasteiger partial charge in [-0.25, -0.2) is 0 Å². The summed E-state index contributed by atoms with van der Waals surface area (Å²) in [7, 11) is 3.16. The number of hydrogen-bond acceptors (Lipinski definition) is 5. The molecule has 0 bridgehead atoms. The molecule has 26 heavy (non-hydrogen) atoms. The number of carbonyl (C=O) groups is 1. The third-order valence-corrected chi connectivity index (χ3v) is 3.88. The Bertz CT molecular complexity index is 881. The molecular weight excluding hydrogens is 330 g/mol. The van der Waals surface area contributed by atoms with Crippen molar-refractivity contribution in [3.63, 3.8) is 0 Å². The van der Waals surface area contributed by atoms with Crippen LogP contribution < -0.4 is 14.8 Å². The minimum atomic E-state index is -0.190. The van der Waals surface area contributed by atoms with E-state index in [1.165, 1.54) is 0 Å². The van der Waals surface area contributed by atoms with Gasteiger partial charge >= 0.3 is 0 Å². The Kier molecular flexibility index (Phi) is 5.43. The van der Waals surface area contributed by atoms with Crippen molar-refractivity contribution in [3.05, 3.63) is 72.2 Å². The van der Waals surface area contributed by atoms with Gasteiger partial charge in [0.25, 0.3) is 5.91 Å². The Hall–Kier alpha value is -3.41. The molecule has 3 aromatic rings. The zero-order chi connectivity index (χ0) is 18.4. The maximum absolute atomic E-state index is 12.3. The van der Waals surface area contributed by atoms with Crippen molar-refractivity contribution >= 4 is 5.91 Å². The Morgan fingerprint density at radius 1 is 1.04 bits per heavy atom. The molecular formula is C20H19N3O3. The van der Waals surface area contributed by atoms with Gasteiger partial charge in [0.1, 0.15) is 0 Å². The molecule has 0 fully saturated rings. The van der Waals surface area contributed by atoms with Crippen molar-refractivity contribution in [1.29, 1.82) is 0 Å². The molecule has 3 rings (SSSR count). The Morgan fingerprint density at radius 3 is 2.54 bits per heavy atom. The maximum Gasteiger partial charge on any atom is 0.253 e. The van der Waals surface area contributed by atoms with E-state index in [-0.39, 0.29) is 5.91 Å². The number of hydrogen-bond donors (Lipinski definition) is 1. The molecule has 6 heteroatoms. The molecule has 0 saturated carbocycles. The fraction of sp³-hybridized carbons (Fsp3) is 0.150. The maximum atomic E-state index is 12.3. The number of methoxy groups -OCH3 is 2. The molecule has 0 radical (unpaired) electrons. The number of nitrogens with one attached hydrogen (secondary N) is 1. The van der Waals surface area contributed by atoms with Gasteiger partial charge in [0, 0.05) is 30.7 Å². The van der Waals surface area contributed by atoms with Gasteiger partial charge in [0.05, 0.1) is 25.5 Å². The molecule has 0 spiro atoms. The summed E-state index contributed by atoms with van der Waals surface area (Å²) in [6.45, 7) is 0.379. The highest BCUT2D eigenvalue weighted by molar-refractivity contribution is 5.94. The fourth-order valence-electron chi connectivity index (χ4n) is 2.49. The zero-order valence-corrected chi connectivity index (χ0v) is 14.6. The summed E-state index contributed by atoms with van der Waals surface area (Å²) in [5, 5.41) is 2.88. The molecule has 0 aliphatic carbocycles. The molecule has 132 valence electrons. The molecule has 0 unspecified atom stereocenters. The zero-order valence-electron chi connectivity index (χ0n) is 14.6. The van der Waals surface area contributed by atoms with Crippen LogP contribution in [0.15, 0.2) is 61.1 Å². The Balaban J connectivity index is 1.65. The molecule has 2 aromatic heterocycles. The van der Waals surface area contributed by atoms with Crippen molar-refractivity contribution in [3.8, 4) is 22.8 Å². The topological polar surface area (TPSA) is 73.3 Å². The van der Waals surface area contributed by atoms with E-state index >= 15 is 0 Å². The summed E-state index contributed by atoms with van der Waals surface area (Å²) < 4.78 is 10.5. The number of ether oxygens (including phenoxy) is 2. The number of benzene rings is 1. The van der Waals surface area contributed by atoms with Gasteiger partial charge in [0.15, 0.2) is 11.5 Å². The monoisotopic (exact) mass is 349 g/mol. The highest BCUT2D eigenvalue weighted by atomic mass is 16.5. The van der Waals surface area contributed by atoms with E-state index in [2.05, 4.69) is 15.3 Å². The van der Waals surface area contributed by atoms with Crippen LogP contribution in [-0.4, -0.2) is 30.1 Å². The first kappa shape index (κ1) is 17.4. The van der Waals surface area contributed by atoms with Crippen LogP contribution in [0.1, 0.15) is 15.9 Å². The van der Waals surface area contributed by atoms with Crippen LogP contribution in [0, 0.1) is 0 Å². The third-order valence-electron chi connectivity index (χ3n) is 3.88. The first-order chi connectivity index (χ1) is 12.7. The highest BCUT2D eigenvalue weighted by Crippen LogP contribution is 2.27. The number of pyridine rings is 2. The van der Waals surface area contributed by atoms with Crippen LogP contribution in [0.3, 0.4) is 0 Å². The van der Waals surface area contributed by atoms with Crippen LogP contribution in [0.4, 0.5) is 0 Å². The van der Waals surface area contributed by atoms with Gasteiger partial charge in [-0.05, 0) is 42.0 Å². The molecule has 0 saturated heterocycles. The van der Waals surface area contributed by atoms with Crippen molar-refractivity contribution in [2.24, 2.45) is 0 Å². The summed E-state index contributed by atoms with van der Waals surface area (Å²) in [6.07, 6.45) is 5.00. The smallest absolute Gasteiger partial charge is 0.253 e. The third kappa shape index (κ3) is 3.97. The second-order valence-electron chi connectivity index (χ2n) is 5.55. The first-order valence-electron chi connectivity index (χ1n) is 8.07. The van der Waals surface area contributed by atoms with E-state index in [1.807, 2.05) is 36.4 Å². The standard InChI is InChI=1S/C20H19N3O3/c1-25-18-8-5-14(10-19(18)26-2)11-23-20(24)16-6-7-17(22-13-16)15-4-3-9-21-12-15/h3-10,12-13H,11H2,1-2H3,(H,23,24). The normalized spacial score (nSPS) is 10.2. The molecule has 6 nitrogen and oxygen atoms in total. The highest BCUT2D eigenvalue weighted by Gasteiger charge is 2.09. The van der Waals surface area contributed by atoms with Crippen molar-refractivity contribution < 1.29 is 14.3 Å². The molecule has 2 heterocycles. The average Bonchev–Trinajstić information content (AvgIpc) is 2.72. The number of nitrogens with zero attached hydrogens (tertiary/aromatic N) is 2. The number of carbonyl (C=O) groups excluding carboxylic acids is 1. The molecule has 1 amide bonds. The van der Waals surface area contributed by atoms with E-state index in [0.717, 1.165) is 16.8 Å². The lowest BCUT2D eigenvalue weighted by atomic mass is 10.1. The minimum absolute atomic E-state index is 0.190. The Labute approximate surface area is 151 Å². The van der Waals surface area contributed by atoms with Gasteiger partial charge in [-0.1, -0.05) is 6.07 Å². The lowest BCUT2D eigenvalue weighted by molar-refractivity contribution is 0.0950. The first-order valence-corrected chi connectivity index (χ1v) is 8.07. The van der Waals surface area contributed by atoms with Crippen LogP contribution >= 0.6 is 0 Å². The van der Waals surface area contributed by atoms with Crippen molar-refractivity contribution in [2.75, 3.05) is 14.2 Å². The quantitative estimate of drug-likeness (QED) is 0.740. The molecule has 1 N–H and O–H groups in total. The van der Waals surface area contributed by atoms with Crippen LogP contribution in [0.2, 0.25) is 0 Å². The lowest BCUT2D eigenvalue weighted by Gasteiger charge is -2.10. The average molecular weight is 349 g/mol. The molecule has 1 aromatic carbocycles. The molecule has 0 aliphatic heterocycles. The van der Waals surface area contributed by atoms with Gasteiger partial charge in [-0.2, -0.15) is 0 Å². The number of amides is 1. The van der Waals surface area contributed by atoms with Gasteiger partial charge in [-0.3, -0.25) is 14.8 Å². The Morgan fingerprint density at radius 2 is 1.88 bits per heavy atom. The van der Waals surface area contributed by atoms with Gasteiger partial charge < -0.3 is 14.8 Å². The largest absolute Gasteiger partial charge is 0.493 e. The van der Waals surface area contributed by atoms with Gasteiger partial charge in [-0.15, -0.1) is 0 Å². The summed E-state index contributed by atoms with van der Waals surface area (Å²) in [5.74, 6) is 1.09. The summed E-state index contributed by atoms with van der Waals surface area (Å²) in [4.78, 5) is 20.7. The van der Waals surface area contributed by atoms with E-state index in [9.17, 15) is 4.79 Å². The number of rotatable bonds is 6. The lowest BCUT2D eigenvalue weighted by Crippen LogP contribution is -2.22. The van der Waals surface area contributed by atoms with E-state index in [1.54, 1.807) is 38.9 Å². The predicted molar refractivity (Wildman–Crippen MR) is 98.2 cm³/mol. The number of aromatic nitrogens is 2. The second-order valence-corrected chi connectivity index (χ2v) is 5.55. The van der Waals surface area contributed by atoms with Crippen molar-refractivity contribution in [1.82, 2.24) is 15.3 Å². The fourth-order valence-corrected chi connectivity index (χ4v) is 2.49. The van der Waals surface area contributed by atoms with E-state index in [4.69, 9.17) is 9.47 Å². The summed E-state index contributed by atoms with van der Waals surface area (Å²) >= 11 is 0. The van der Waals surface area contributed by atoms with Crippen LogP contribution in [0.25, 0.3) is 11.3 Å². The molecule has 0 aliphatic rings. The second kappa shape index (κ2) is 8.11. The summed E-state index contributed by atoms with van der Waals surface area (Å²) in [5.41, 5.74) is 3.09. The van der Waals surface area contributed by atoms with E-state index in [0.29, 0.717) is 23.6 Å². The van der Waals surface area contributed by atoms with Gasteiger partial charge in [0.2, 0.25) is 0 Å². The van der Waals surface area contributed by atoms with Crippen LogP contribution in [0.5, 0.6) is 11.5 Å². The summed E-state index contributed by atoms with van der Waals surface area (Å²) in [6, 6.07) is 12.9. The minimum Gasteiger partial charge on any atom is -0.493 e.